The Hall–Kier alpha value is -7.41. The van der Waals surface area contributed by atoms with Gasteiger partial charge in [-0.1, -0.05) is 163 Å². The molecule has 5 nitrogen and oxygen atoms in total. The van der Waals surface area contributed by atoms with Crippen molar-refractivity contribution in [3.05, 3.63) is 199 Å². The van der Waals surface area contributed by atoms with Crippen molar-refractivity contribution in [3.8, 4) is 34.4 Å². The molecule has 0 aliphatic carbocycles. The van der Waals surface area contributed by atoms with E-state index >= 15 is 0 Å². The fourth-order valence-electron chi connectivity index (χ4n) is 7.31. The topological polar surface area (TPSA) is 48.5 Å². The van der Waals surface area contributed by atoms with Gasteiger partial charge in [-0.25, -0.2) is 4.98 Å². The second-order valence-electron chi connectivity index (χ2n) is 12.3. The van der Waals surface area contributed by atoms with Crippen molar-refractivity contribution in [2.24, 2.45) is 0 Å². The van der Waals surface area contributed by atoms with Gasteiger partial charge in [-0.15, -0.1) is 0 Å². The van der Waals surface area contributed by atoms with Gasteiger partial charge in [0.1, 0.15) is 0 Å². The van der Waals surface area contributed by atoms with Gasteiger partial charge in [0.25, 0.3) is 0 Å². The Morgan fingerprint density at radius 2 is 0.912 bits per heavy atom. The molecule has 8 aromatic carbocycles. The Kier molecular flexibility index (Phi) is 2.88. The van der Waals surface area contributed by atoms with Crippen LogP contribution in [0.4, 0.5) is 0 Å². The molecule has 1 aliphatic rings. The summed E-state index contributed by atoms with van der Waals surface area (Å²) in [5, 5.41) is -6.11. The molecule has 0 amide bonds. The van der Waals surface area contributed by atoms with Gasteiger partial charge in [0.15, 0.2) is 19.7 Å². The van der Waals surface area contributed by atoms with E-state index < -0.39 is 306 Å². The molecule has 0 atom stereocenters. The van der Waals surface area contributed by atoms with Gasteiger partial charge >= 0.3 is 0 Å². The maximum Gasteiger partial charge on any atom is 0.238 e. The van der Waals surface area contributed by atoms with Gasteiger partial charge in [0.05, 0.1) is 67.3 Å². The largest absolute Gasteiger partial charge is 0.309 e. The second-order valence-corrected chi connectivity index (χ2v) is 15.8. The molecule has 0 radical (unpaired) electrons. The van der Waals surface area contributed by atoms with E-state index in [1.807, 2.05) is 0 Å². The highest BCUT2D eigenvalue weighted by atomic mass is 28.3. The Morgan fingerprint density at radius 1 is 0.386 bits per heavy atom. The molecule has 12 rings (SSSR count). The molecule has 0 saturated carbocycles. The number of fused-ring (bicyclic) bond motifs is 8. The maximum absolute atomic E-state index is 10.3. The van der Waals surface area contributed by atoms with Gasteiger partial charge in [0, 0.05) is 38.4 Å². The summed E-state index contributed by atoms with van der Waals surface area (Å²) in [6.07, 6.45) is 0. The molecule has 0 bridgehead atoms. The number of benzene rings is 8. The van der Waals surface area contributed by atoms with Crippen molar-refractivity contribution in [2.75, 3.05) is 0 Å². The number of hydrogen-bond acceptors (Lipinski definition) is 3. The predicted octanol–water partition coefficient (Wildman–Crippen LogP) is 9.09. The van der Waals surface area contributed by atoms with Crippen LogP contribution in [0.1, 0.15) is 45.2 Å². The van der Waals surface area contributed by atoms with Crippen LogP contribution in [0.25, 0.3) is 78.0 Å². The summed E-state index contributed by atoms with van der Waals surface area (Å²) in [5.74, 6) is -2.85. The molecule has 266 valence electrons. The summed E-state index contributed by atoms with van der Waals surface area (Å²) in [6, 6.07) is -34.0. The smallest absolute Gasteiger partial charge is 0.238 e. The normalized spacial score (nSPS) is 21.2. The first-order valence-corrected chi connectivity index (χ1v) is 18.7. The zero-order valence-electron chi connectivity index (χ0n) is 61.2. The van der Waals surface area contributed by atoms with Crippen LogP contribution in [0.5, 0.6) is 0 Å². The number of rotatable bonds is 5. The molecule has 0 unspecified atom stereocenters. The highest BCUT2D eigenvalue weighted by molar-refractivity contribution is 7.21. The Labute approximate surface area is 376 Å². The van der Waals surface area contributed by atoms with Gasteiger partial charge < -0.3 is 4.57 Å². The van der Waals surface area contributed by atoms with Crippen LogP contribution >= 0.6 is 0 Å². The summed E-state index contributed by atoms with van der Waals surface area (Å²) in [6.45, 7) is 0. The van der Waals surface area contributed by atoms with Crippen LogP contribution in [0.3, 0.4) is 0 Å². The van der Waals surface area contributed by atoms with Crippen LogP contribution in [-0.4, -0.2) is 32.2 Å². The third-order valence-corrected chi connectivity index (χ3v) is 13.8. The summed E-state index contributed by atoms with van der Waals surface area (Å²) >= 11 is 0. The Morgan fingerprint density at radius 3 is 1.60 bits per heavy atom. The van der Waals surface area contributed by atoms with Crippen molar-refractivity contribution >= 4 is 72.4 Å². The lowest BCUT2D eigenvalue weighted by Gasteiger charge is -2.39. The molecule has 57 heavy (non-hydrogen) atoms. The molecule has 1 aliphatic heterocycles. The molecule has 3 aromatic heterocycles. The van der Waals surface area contributed by atoms with Gasteiger partial charge in [-0.2, -0.15) is 9.97 Å². The quantitative estimate of drug-likeness (QED) is 0.164. The van der Waals surface area contributed by atoms with E-state index in [0.717, 1.165) is 9.13 Å². The van der Waals surface area contributed by atoms with Crippen LogP contribution in [0.15, 0.2) is 199 Å². The number of aromatic nitrogens is 5. The van der Waals surface area contributed by atoms with Crippen molar-refractivity contribution < 1.29 is 45.2 Å². The summed E-state index contributed by atoms with van der Waals surface area (Å²) in [5.41, 5.74) is -5.30. The van der Waals surface area contributed by atoms with Crippen LogP contribution in [0.2, 0.25) is 0 Å². The fraction of sp³-hybridized carbons (Fsp3) is 0. The summed E-state index contributed by atoms with van der Waals surface area (Å²) in [7, 11) is -6.07. The van der Waals surface area contributed by atoms with Crippen LogP contribution < -0.4 is 20.7 Å². The zero-order chi connectivity index (χ0) is 66.2. The Balaban J connectivity index is 1.36. The molecule has 0 fully saturated rings. The average molecular weight is 777 g/mol. The third kappa shape index (κ3) is 4.53. The number of nitrogens with zero attached hydrogens (tertiary/aromatic N) is 5. The first kappa shape index (κ1) is 13.4. The van der Waals surface area contributed by atoms with Gasteiger partial charge in [0.2, 0.25) is 5.95 Å². The zero-order valence-corrected chi connectivity index (χ0v) is 29.2. The monoisotopic (exact) mass is 776 g/mol. The standard InChI is InChI=1S/C51H33N5Si/c1-4-17-34(18-5-1)49-52-50(54-51(53-49)56-42-26-12-10-23-38(42)39-24-11-13-27-43(39)56)35-31-32-44-41(33-35)40-25-16-30-47-48(40)55(44)45-28-14-15-29-46(45)57(47,36-19-6-2-7-20-36)37-21-8-3-9-22-37/h1-33H/i1D,2D,3D,4D,5D,6D,7D,8D,9D,10D,11D,12D,13D,14D,15D,16D,17D,18D,19D,20D,21D,22D,23D,24D,25D,26D,27D,28D,29D,30D,31D,32D,33D. The first-order chi connectivity index (χ1) is 42.0. The summed E-state index contributed by atoms with van der Waals surface area (Å²) < 4.78 is 305. The molecule has 0 N–H and O–H groups in total. The van der Waals surface area contributed by atoms with E-state index in [1.54, 1.807) is 0 Å². The van der Waals surface area contributed by atoms with Gasteiger partial charge in [-0.3, -0.25) is 4.57 Å². The molecule has 0 saturated heterocycles. The number of para-hydroxylation sites is 4. The predicted molar refractivity (Wildman–Crippen MR) is 237 cm³/mol. The van der Waals surface area contributed by atoms with Crippen molar-refractivity contribution in [2.45, 2.75) is 0 Å². The molecule has 6 heteroatoms. The lowest BCUT2D eigenvalue weighted by molar-refractivity contribution is 0.953. The highest BCUT2D eigenvalue weighted by Crippen LogP contribution is 2.38. The fourth-order valence-corrected chi connectivity index (χ4v) is 11.4. The second kappa shape index (κ2) is 12.3. The molecular weight excluding hydrogens is 711 g/mol. The SMILES string of the molecule is [2H]c1c([2H])c([2H])c(-c2nc(-c3c([2H])c([2H])c4c(c3[2H])c3c([2H])c([2H])c([2H])c5c3n4-c3c([2H])c([2H])c([2H])c([2H])c3[Si]5(c3c([2H])c([2H])c([2H])c([2H])c3[2H])c3c([2H])c([2H])c([2H])c([2H])c3[2H])nc(-n3c4c([2H])c([2H])c([2H])c([2H])c4c4c([2H])c([2H])c([2H])c([2H])c43)n2)c([2H])c1[2H]. The minimum Gasteiger partial charge on any atom is -0.309 e. The van der Waals surface area contributed by atoms with Crippen LogP contribution in [0, 0.1) is 0 Å². The molecular formula is C51H33N5Si. The van der Waals surface area contributed by atoms with Crippen molar-refractivity contribution in [3.63, 3.8) is 0 Å². The number of hydrogen-bond donors (Lipinski definition) is 0. The van der Waals surface area contributed by atoms with E-state index in [9.17, 15) is 19.2 Å². The average Bonchev–Trinajstić information content (AvgIpc) is 1.26. The van der Waals surface area contributed by atoms with E-state index in [2.05, 4.69) is 15.0 Å². The summed E-state index contributed by atoms with van der Waals surface area (Å²) in [4.78, 5) is 13.4. The van der Waals surface area contributed by atoms with E-state index in [-0.39, 0.29) is 0 Å². The van der Waals surface area contributed by atoms with E-state index in [4.69, 9.17) is 26.0 Å². The molecule has 0 spiro atoms. The maximum atomic E-state index is 10.3. The minimum atomic E-state index is -6.07. The van der Waals surface area contributed by atoms with E-state index in [0.29, 0.717) is 0 Å². The van der Waals surface area contributed by atoms with E-state index in [1.165, 1.54) is 0 Å². The van der Waals surface area contributed by atoms with Crippen molar-refractivity contribution in [1.82, 2.24) is 24.1 Å². The Bertz CT molecular complexity index is 5080. The van der Waals surface area contributed by atoms with Crippen LogP contribution in [-0.2, 0) is 0 Å². The minimum absolute atomic E-state index is 0.520. The lowest BCUT2D eigenvalue weighted by atomic mass is 10.1. The molecule has 11 aromatic rings. The van der Waals surface area contributed by atoms with Gasteiger partial charge in [-0.05, 0) is 57.0 Å². The third-order valence-electron chi connectivity index (χ3n) is 9.53. The highest BCUT2D eigenvalue weighted by Gasteiger charge is 2.47. The lowest BCUT2D eigenvalue weighted by Crippen LogP contribution is -2.76. The molecule has 4 heterocycles. The van der Waals surface area contributed by atoms with Crippen molar-refractivity contribution in [1.29, 1.82) is 0 Å². The first-order valence-electron chi connectivity index (χ1n) is 33.2.